The summed E-state index contributed by atoms with van der Waals surface area (Å²) in [5.74, 6) is -0.925. The number of amidine groups is 2. The molecule has 1 heterocycles. The molecule has 3 aromatic carbocycles. The smallest absolute Gasteiger partial charge is 0.406 e. The van der Waals surface area contributed by atoms with Gasteiger partial charge >= 0.3 is 6.36 Å². The number of thioether (sulfide) groups is 1. The molecule has 4 rings (SSSR count). The molecule has 1 saturated heterocycles. The topological polar surface area (TPSA) is 87.9 Å². The Kier molecular flexibility index (Phi) is 8.59. The van der Waals surface area contributed by atoms with Gasteiger partial charge in [-0.15, -0.1) is 18.3 Å². The van der Waals surface area contributed by atoms with Gasteiger partial charge in [-0.3, -0.25) is 0 Å². The number of aliphatic imine (C=N–C) groups is 2. The number of nitrogens with zero attached hydrogens (tertiary/aromatic N) is 5. The van der Waals surface area contributed by atoms with Crippen molar-refractivity contribution in [1.82, 2.24) is 0 Å². The second kappa shape index (κ2) is 12.1. The van der Waals surface area contributed by atoms with Gasteiger partial charge in [-0.2, -0.15) is 5.10 Å². The third kappa shape index (κ3) is 7.41. The van der Waals surface area contributed by atoms with Crippen molar-refractivity contribution in [3.63, 3.8) is 0 Å². The standard InChI is InChI=1S/C26H21F5N6OS/c1-16-14-39-25(37(16)23-21(27)3-2-4-22(23)28)36-35-13-17-5-7-18(8-6-17)24(32)34-15-33-19-9-11-20(12-10-19)38-26(29,30)31/h2-13,15-16H,14H2,1H3,(H2,32,33,34)/b35-13+,36-25-. The molecule has 13 heteroatoms. The fourth-order valence-corrected chi connectivity index (χ4v) is 4.55. The number of nitrogens with two attached hydrogens (primary N) is 1. The Hall–Kier alpha value is -4.26. The van der Waals surface area contributed by atoms with Gasteiger partial charge in [-0.05, 0) is 48.9 Å². The number of para-hydroxylation sites is 1. The minimum atomic E-state index is -4.77. The second-order valence-corrected chi connectivity index (χ2v) is 9.14. The van der Waals surface area contributed by atoms with E-state index < -0.39 is 18.0 Å². The van der Waals surface area contributed by atoms with E-state index in [0.717, 1.165) is 12.1 Å². The highest BCUT2D eigenvalue weighted by Crippen LogP contribution is 2.34. The minimum Gasteiger partial charge on any atom is -0.406 e. The molecule has 7 nitrogen and oxygen atoms in total. The van der Waals surface area contributed by atoms with Crippen LogP contribution in [0.5, 0.6) is 5.75 Å². The Balaban J connectivity index is 1.39. The minimum absolute atomic E-state index is 0.154. The van der Waals surface area contributed by atoms with Crippen LogP contribution in [0.3, 0.4) is 0 Å². The van der Waals surface area contributed by atoms with Gasteiger partial charge in [0.1, 0.15) is 35.2 Å². The molecule has 1 atom stereocenters. The van der Waals surface area contributed by atoms with Crippen molar-refractivity contribution in [3.05, 3.63) is 89.5 Å². The summed E-state index contributed by atoms with van der Waals surface area (Å²) in [5, 5.41) is 8.64. The quantitative estimate of drug-likeness (QED) is 0.160. The molecule has 3 aromatic rings. The SMILES string of the molecule is CC1CS/C(=N\N=C\c2ccc(C(N)=NC=Nc3ccc(OC(F)(F)F)cc3)cc2)N1c1c(F)cccc1F. The summed E-state index contributed by atoms with van der Waals surface area (Å²) < 4.78 is 69.1. The molecule has 202 valence electrons. The number of alkyl halides is 3. The summed E-state index contributed by atoms with van der Waals surface area (Å²) in [6.07, 6.45) is -2.08. The van der Waals surface area contributed by atoms with Crippen molar-refractivity contribution in [2.24, 2.45) is 25.9 Å². The number of ether oxygens (including phenoxy) is 1. The number of rotatable bonds is 7. The van der Waals surface area contributed by atoms with Crippen molar-refractivity contribution in [1.29, 1.82) is 0 Å². The number of anilines is 1. The van der Waals surface area contributed by atoms with Crippen LogP contribution in [0.4, 0.5) is 33.3 Å². The zero-order valence-electron chi connectivity index (χ0n) is 20.3. The lowest BCUT2D eigenvalue weighted by Crippen LogP contribution is -2.33. The van der Waals surface area contributed by atoms with E-state index in [2.05, 4.69) is 24.9 Å². The van der Waals surface area contributed by atoms with Crippen molar-refractivity contribution in [2.45, 2.75) is 19.3 Å². The molecule has 1 aliphatic heterocycles. The van der Waals surface area contributed by atoms with Crippen molar-refractivity contribution in [2.75, 3.05) is 10.7 Å². The summed E-state index contributed by atoms with van der Waals surface area (Å²) in [5.41, 5.74) is 7.49. The largest absolute Gasteiger partial charge is 0.573 e. The predicted molar refractivity (Wildman–Crippen MR) is 144 cm³/mol. The van der Waals surface area contributed by atoms with E-state index in [0.29, 0.717) is 27.7 Å². The van der Waals surface area contributed by atoms with E-state index >= 15 is 0 Å². The lowest BCUT2D eigenvalue weighted by molar-refractivity contribution is -0.274. The summed E-state index contributed by atoms with van der Waals surface area (Å²) in [4.78, 5) is 9.57. The van der Waals surface area contributed by atoms with E-state index in [4.69, 9.17) is 5.73 Å². The first-order valence-electron chi connectivity index (χ1n) is 11.4. The molecular weight excluding hydrogens is 539 g/mol. The van der Waals surface area contributed by atoms with Crippen LogP contribution in [0, 0.1) is 11.6 Å². The average Bonchev–Trinajstić information content (AvgIpc) is 3.24. The molecule has 1 fully saturated rings. The molecule has 1 unspecified atom stereocenters. The van der Waals surface area contributed by atoms with Gasteiger partial charge in [0.15, 0.2) is 5.17 Å². The average molecular weight is 561 g/mol. The van der Waals surface area contributed by atoms with Gasteiger partial charge in [0, 0.05) is 17.4 Å². The van der Waals surface area contributed by atoms with Crippen LogP contribution in [0.2, 0.25) is 0 Å². The Morgan fingerprint density at radius 2 is 1.69 bits per heavy atom. The van der Waals surface area contributed by atoms with Crippen LogP contribution >= 0.6 is 11.8 Å². The van der Waals surface area contributed by atoms with Gasteiger partial charge < -0.3 is 15.4 Å². The molecule has 2 N–H and O–H groups in total. The van der Waals surface area contributed by atoms with Gasteiger partial charge in [0.05, 0.1) is 11.9 Å². The Morgan fingerprint density at radius 1 is 1.03 bits per heavy atom. The normalized spacial score (nSPS) is 17.6. The fourth-order valence-electron chi connectivity index (χ4n) is 3.49. The molecule has 0 spiro atoms. The van der Waals surface area contributed by atoms with Crippen LogP contribution in [-0.4, -0.2) is 41.7 Å². The zero-order valence-corrected chi connectivity index (χ0v) is 21.1. The second-order valence-electron chi connectivity index (χ2n) is 8.15. The molecule has 0 amide bonds. The first kappa shape index (κ1) is 27.8. The van der Waals surface area contributed by atoms with E-state index in [-0.39, 0.29) is 23.3 Å². The van der Waals surface area contributed by atoms with E-state index in [1.165, 1.54) is 59.5 Å². The van der Waals surface area contributed by atoms with Crippen molar-refractivity contribution >= 4 is 46.7 Å². The van der Waals surface area contributed by atoms with E-state index in [1.54, 1.807) is 24.3 Å². The number of hydrogen-bond donors (Lipinski definition) is 1. The van der Waals surface area contributed by atoms with Crippen molar-refractivity contribution < 1.29 is 26.7 Å². The van der Waals surface area contributed by atoms with Crippen LogP contribution in [0.15, 0.2) is 86.9 Å². The maximum absolute atomic E-state index is 14.3. The molecule has 0 radical (unpaired) electrons. The van der Waals surface area contributed by atoms with Crippen LogP contribution in [0.25, 0.3) is 0 Å². The Morgan fingerprint density at radius 3 is 2.33 bits per heavy atom. The number of hydrogen-bond acceptors (Lipinski definition) is 5. The molecule has 0 aromatic heterocycles. The summed E-state index contributed by atoms with van der Waals surface area (Å²) in [6, 6.07) is 15.4. The maximum Gasteiger partial charge on any atom is 0.573 e. The summed E-state index contributed by atoms with van der Waals surface area (Å²) >= 11 is 1.35. The van der Waals surface area contributed by atoms with Gasteiger partial charge in [0.25, 0.3) is 0 Å². The van der Waals surface area contributed by atoms with Crippen LogP contribution in [0.1, 0.15) is 18.1 Å². The summed E-state index contributed by atoms with van der Waals surface area (Å²) in [7, 11) is 0. The van der Waals surface area contributed by atoms with E-state index in [1.807, 2.05) is 6.92 Å². The van der Waals surface area contributed by atoms with Crippen LogP contribution in [-0.2, 0) is 0 Å². The highest BCUT2D eigenvalue weighted by atomic mass is 32.2. The lowest BCUT2D eigenvalue weighted by atomic mass is 10.1. The third-order valence-electron chi connectivity index (χ3n) is 5.31. The predicted octanol–water partition coefficient (Wildman–Crippen LogP) is 6.26. The van der Waals surface area contributed by atoms with E-state index in [9.17, 15) is 22.0 Å². The molecule has 1 aliphatic rings. The monoisotopic (exact) mass is 560 g/mol. The van der Waals surface area contributed by atoms with Crippen molar-refractivity contribution in [3.8, 4) is 5.75 Å². The number of halogens is 5. The molecule has 0 bridgehead atoms. The lowest BCUT2D eigenvalue weighted by Gasteiger charge is -2.23. The maximum atomic E-state index is 14.3. The Bertz CT molecular complexity index is 1400. The molecule has 0 aliphatic carbocycles. The Labute approximate surface area is 224 Å². The van der Waals surface area contributed by atoms with Crippen LogP contribution < -0.4 is 15.4 Å². The van der Waals surface area contributed by atoms with Gasteiger partial charge in [-0.25, -0.2) is 18.8 Å². The first-order chi connectivity index (χ1) is 18.6. The first-order valence-corrected chi connectivity index (χ1v) is 12.4. The molecule has 0 saturated carbocycles. The molecular formula is C26H21F5N6OS. The highest BCUT2D eigenvalue weighted by molar-refractivity contribution is 8.14. The summed E-state index contributed by atoms with van der Waals surface area (Å²) in [6.45, 7) is 1.85. The van der Waals surface area contributed by atoms with Gasteiger partial charge in [0.2, 0.25) is 0 Å². The third-order valence-corrected chi connectivity index (χ3v) is 6.50. The van der Waals surface area contributed by atoms with Gasteiger partial charge in [-0.1, -0.05) is 42.1 Å². The zero-order chi connectivity index (χ0) is 28.0. The fraction of sp³-hybridized carbons (Fsp3) is 0.154. The number of benzene rings is 3. The molecule has 39 heavy (non-hydrogen) atoms. The highest BCUT2D eigenvalue weighted by Gasteiger charge is 2.32.